The minimum atomic E-state index is -2.65. The van der Waals surface area contributed by atoms with E-state index >= 15 is 0 Å². The number of rotatable bonds is 6. The van der Waals surface area contributed by atoms with Crippen molar-refractivity contribution < 1.29 is 18.1 Å². The minimum Gasteiger partial charge on any atom is -0.339 e. The highest BCUT2D eigenvalue weighted by molar-refractivity contribution is 5.93. The summed E-state index contributed by atoms with van der Waals surface area (Å²) in [5.74, 6) is -1.60. The van der Waals surface area contributed by atoms with Gasteiger partial charge in [-0.15, -0.1) is 0 Å². The number of carbonyl (C=O) groups is 1. The summed E-state index contributed by atoms with van der Waals surface area (Å²) in [6.07, 6.45) is 5.24. The van der Waals surface area contributed by atoms with E-state index in [1.165, 1.54) is 0 Å². The first-order valence-corrected chi connectivity index (χ1v) is 13.0. The number of nitriles is 1. The molecule has 4 aliphatic rings. The smallest absolute Gasteiger partial charge is 0.248 e. The fourth-order valence-electron chi connectivity index (χ4n) is 6.25. The SMILES string of the molecule is CC(C)(C)c1noc(C23CCC(CN(C(=O)CC4CC(F)(F)C4)c4cccc(C#N)c4)(CC2)CC3)n1. The Kier molecular flexibility index (Phi) is 5.96. The van der Waals surface area contributed by atoms with Gasteiger partial charge in [-0.1, -0.05) is 32.0 Å². The van der Waals surface area contributed by atoms with Crippen molar-refractivity contribution in [3.63, 3.8) is 0 Å². The van der Waals surface area contributed by atoms with Crippen molar-refractivity contribution in [3.8, 4) is 6.07 Å². The largest absolute Gasteiger partial charge is 0.339 e. The first kappa shape index (κ1) is 24.9. The van der Waals surface area contributed by atoms with E-state index in [9.17, 15) is 18.8 Å². The molecule has 0 radical (unpaired) electrons. The van der Waals surface area contributed by atoms with Crippen molar-refractivity contribution in [2.24, 2.45) is 11.3 Å². The van der Waals surface area contributed by atoms with Crippen molar-refractivity contribution in [1.82, 2.24) is 10.1 Å². The average molecular weight is 497 g/mol. The highest BCUT2D eigenvalue weighted by Gasteiger charge is 2.53. The Hall–Kier alpha value is -2.82. The average Bonchev–Trinajstić information content (AvgIpc) is 3.35. The van der Waals surface area contributed by atoms with Gasteiger partial charge in [0.05, 0.1) is 11.6 Å². The molecule has 1 aromatic carbocycles. The van der Waals surface area contributed by atoms with Crippen molar-refractivity contribution in [2.45, 2.75) is 95.3 Å². The van der Waals surface area contributed by atoms with Crippen LogP contribution in [0.1, 0.15) is 95.8 Å². The van der Waals surface area contributed by atoms with Crippen LogP contribution in [0.15, 0.2) is 28.8 Å². The molecule has 1 amide bonds. The van der Waals surface area contributed by atoms with E-state index in [-0.39, 0.29) is 47.3 Å². The fourth-order valence-corrected chi connectivity index (χ4v) is 6.25. The molecule has 192 valence electrons. The maximum absolute atomic E-state index is 13.4. The van der Waals surface area contributed by atoms with Gasteiger partial charge in [-0.05, 0) is 68.1 Å². The normalized spacial score (nSPS) is 27.3. The summed E-state index contributed by atoms with van der Waals surface area (Å²) in [6, 6.07) is 9.20. The van der Waals surface area contributed by atoms with Gasteiger partial charge < -0.3 is 9.42 Å². The van der Waals surface area contributed by atoms with Crippen LogP contribution in [-0.4, -0.2) is 28.5 Å². The summed E-state index contributed by atoms with van der Waals surface area (Å²) < 4.78 is 32.6. The maximum Gasteiger partial charge on any atom is 0.248 e. The molecule has 1 heterocycles. The monoisotopic (exact) mass is 496 g/mol. The molecule has 0 saturated heterocycles. The zero-order chi connectivity index (χ0) is 25.8. The summed E-state index contributed by atoms with van der Waals surface area (Å²) in [7, 11) is 0. The van der Waals surface area contributed by atoms with E-state index in [0.29, 0.717) is 17.8 Å². The lowest BCUT2D eigenvalue weighted by molar-refractivity contribution is -0.132. The molecule has 4 fully saturated rings. The predicted molar refractivity (Wildman–Crippen MR) is 131 cm³/mol. The van der Waals surface area contributed by atoms with E-state index in [4.69, 9.17) is 9.51 Å². The molecule has 0 unspecified atom stereocenters. The molecule has 8 heteroatoms. The van der Waals surface area contributed by atoms with Crippen LogP contribution in [0.2, 0.25) is 0 Å². The van der Waals surface area contributed by atoms with E-state index in [1.807, 2.05) is 6.07 Å². The number of carbonyl (C=O) groups excluding carboxylic acids is 1. The van der Waals surface area contributed by atoms with Crippen LogP contribution in [0.25, 0.3) is 0 Å². The number of anilines is 1. The Bertz CT molecular complexity index is 1160. The van der Waals surface area contributed by atoms with Gasteiger partial charge in [-0.3, -0.25) is 4.79 Å². The van der Waals surface area contributed by atoms with Crippen LogP contribution in [0.3, 0.4) is 0 Å². The second kappa shape index (κ2) is 8.64. The third-order valence-corrected chi connectivity index (χ3v) is 8.67. The lowest BCUT2D eigenvalue weighted by Crippen LogP contribution is -2.51. The maximum atomic E-state index is 13.4. The van der Waals surface area contributed by atoms with Gasteiger partial charge in [-0.25, -0.2) is 8.78 Å². The summed E-state index contributed by atoms with van der Waals surface area (Å²) in [5.41, 5.74) is 0.834. The zero-order valence-electron chi connectivity index (χ0n) is 21.3. The van der Waals surface area contributed by atoms with Crippen molar-refractivity contribution >= 4 is 11.6 Å². The number of benzene rings is 1. The lowest BCUT2D eigenvalue weighted by atomic mass is 9.53. The molecule has 36 heavy (non-hydrogen) atoms. The van der Waals surface area contributed by atoms with Gasteiger partial charge in [0.25, 0.3) is 0 Å². The zero-order valence-corrected chi connectivity index (χ0v) is 21.3. The van der Waals surface area contributed by atoms with Gasteiger partial charge in [0.1, 0.15) is 0 Å². The Morgan fingerprint density at radius 3 is 2.39 bits per heavy atom. The Balaban J connectivity index is 1.34. The molecule has 0 aliphatic heterocycles. The number of aromatic nitrogens is 2. The topological polar surface area (TPSA) is 83.0 Å². The number of hydrogen-bond donors (Lipinski definition) is 0. The van der Waals surface area contributed by atoms with Crippen LogP contribution in [0.4, 0.5) is 14.5 Å². The predicted octanol–water partition coefficient (Wildman–Crippen LogP) is 6.30. The van der Waals surface area contributed by atoms with Crippen LogP contribution < -0.4 is 4.90 Å². The molecule has 4 aliphatic carbocycles. The number of alkyl halides is 2. The van der Waals surface area contributed by atoms with Gasteiger partial charge in [0.2, 0.25) is 17.7 Å². The number of halogens is 2. The second-order valence-corrected chi connectivity index (χ2v) is 12.4. The third-order valence-electron chi connectivity index (χ3n) is 8.67. The summed E-state index contributed by atoms with van der Waals surface area (Å²) in [5, 5.41) is 13.6. The van der Waals surface area contributed by atoms with Crippen molar-refractivity contribution in [1.29, 1.82) is 5.26 Å². The Labute approximate surface area is 211 Å². The number of amides is 1. The van der Waals surface area contributed by atoms with Crippen molar-refractivity contribution in [3.05, 3.63) is 41.5 Å². The summed E-state index contributed by atoms with van der Waals surface area (Å²) >= 11 is 0. The van der Waals surface area contributed by atoms with Gasteiger partial charge in [0.15, 0.2) is 5.82 Å². The molecule has 1 aromatic heterocycles. The van der Waals surface area contributed by atoms with E-state index < -0.39 is 5.92 Å². The molecular weight excluding hydrogens is 462 g/mol. The molecule has 4 saturated carbocycles. The summed E-state index contributed by atoms with van der Waals surface area (Å²) in [4.78, 5) is 20.0. The van der Waals surface area contributed by atoms with Crippen LogP contribution >= 0.6 is 0 Å². The molecule has 0 atom stereocenters. The van der Waals surface area contributed by atoms with E-state index in [2.05, 4.69) is 32.0 Å². The second-order valence-electron chi connectivity index (χ2n) is 12.4. The first-order chi connectivity index (χ1) is 16.9. The fraction of sp³-hybridized carbons (Fsp3) is 0.643. The quantitative estimate of drug-likeness (QED) is 0.469. The molecule has 6 rings (SSSR count). The van der Waals surface area contributed by atoms with Crippen molar-refractivity contribution in [2.75, 3.05) is 11.4 Å². The Morgan fingerprint density at radius 1 is 1.17 bits per heavy atom. The number of nitrogens with zero attached hydrogens (tertiary/aromatic N) is 4. The van der Waals surface area contributed by atoms with Gasteiger partial charge in [-0.2, -0.15) is 10.2 Å². The first-order valence-electron chi connectivity index (χ1n) is 13.0. The van der Waals surface area contributed by atoms with Crippen LogP contribution in [0, 0.1) is 22.7 Å². The Morgan fingerprint density at radius 2 is 1.83 bits per heavy atom. The standard InChI is InChI=1S/C28H34F2N4O2/c1-25(2,3)23-32-24(36-33-23)27-10-7-26(8-11-27,9-12-27)18-34(21-6-4-5-19(13-21)17-31)22(35)14-20-15-28(29,30)16-20/h4-6,13,20H,7-12,14-16,18H2,1-3H3. The minimum absolute atomic E-state index is 0.0452. The number of fused-ring (bicyclic) bond motifs is 3. The molecular formula is C28H34F2N4O2. The van der Waals surface area contributed by atoms with E-state index in [0.717, 1.165) is 50.2 Å². The van der Waals surface area contributed by atoms with Gasteiger partial charge >= 0.3 is 0 Å². The van der Waals surface area contributed by atoms with Gasteiger partial charge in [0, 0.05) is 42.3 Å². The summed E-state index contributed by atoms with van der Waals surface area (Å²) in [6.45, 7) is 6.76. The molecule has 6 nitrogen and oxygen atoms in total. The molecule has 0 spiro atoms. The molecule has 2 bridgehead atoms. The van der Waals surface area contributed by atoms with Crippen LogP contribution in [0.5, 0.6) is 0 Å². The number of hydrogen-bond acceptors (Lipinski definition) is 5. The van der Waals surface area contributed by atoms with E-state index in [1.54, 1.807) is 23.1 Å². The highest BCUT2D eigenvalue weighted by atomic mass is 19.3. The lowest BCUT2D eigenvalue weighted by Gasteiger charge is -2.53. The molecule has 2 aromatic rings. The third kappa shape index (κ3) is 4.65. The molecule has 0 N–H and O–H groups in total. The highest BCUT2D eigenvalue weighted by Crippen LogP contribution is 2.58. The van der Waals surface area contributed by atoms with Crippen LogP contribution in [-0.2, 0) is 15.6 Å².